The molecular weight excluding hydrogens is 1410 g/mol. The van der Waals surface area contributed by atoms with Gasteiger partial charge in [0.05, 0.1) is 55.3 Å². The van der Waals surface area contributed by atoms with E-state index in [1.807, 2.05) is 12.1 Å². The number of hydrogen-bond donors (Lipinski definition) is 4. The maximum atomic E-state index is 12.2. The average Bonchev–Trinajstić information content (AvgIpc) is 1.58. The van der Waals surface area contributed by atoms with Crippen LogP contribution in [0.15, 0.2) is 66.9 Å². The van der Waals surface area contributed by atoms with Crippen molar-refractivity contribution in [1.82, 2.24) is 0 Å². The van der Waals surface area contributed by atoms with Crippen LogP contribution < -0.4 is 11.3 Å². The Labute approximate surface area is 679 Å². The summed E-state index contributed by atoms with van der Waals surface area (Å²) in [5.41, 5.74) is 3.97. The molecule has 3 saturated heterocycles. The normalized spacial score (nSPS) is 52.6. The molecule has 34 atom stereocenters. The predicted octanol–water partition coefficient (Wildman–Crippen LogP) is 22.0. The molecule has 3 aliphatic heterocycles. The van der Waals surface area contributed by atoms with Gasteiger partial charge in [0, 0.05) is 41.7 Å². The van der Waals surface area contributed by atoms with Crippen LogP contribution in [0.5, 0.6) is 0 Å². The molecule has 2 aromatic rings. The molecule has 2 aromatic heterocycles. The van der Waals surface area contributed by atoms with Gasteiger partial charge >= 0.3 is 17.2 Å². The van der Waals surface area contributed by atoms with Gasteiger partial charge in [-0.15, -0.1) is 0 Å². The average molecular weight is 1570 g/mol. The van der Waals surface area contributed by atoms with E-state index in [1.165, 1.54) is 153 Å². The monoisotopic (exact) mass is 1570 g/mol. The lowest BCUT2D eigenvalue weighted by atomic mass is 9.43. The number of ether oxygens (including phenoxy) is 3. The molecule has 21 rings (SSSR count). The van der Waals surface area contributed by atoms with Crippen molar-refractivity contribution in [2.24, 2.45) is 150 Å². The minimum absolute atomic E-state index is 0. The van der Waals surface area contributed by atoms with Crippen LogP contribution in [-0.4, -0.2) is 74.9 Å². The van der Waals surface area contributed by atoms with Crippen LogP contribution in [0.25, 0.3) is 0 Å². The minimum atomic E-state index is -0.665. The Morgan fingerprint density at radius 2 is 0.973 bits per heavy atom. The number of esters is 1. The molecule has 5 unspecified atom stereocenters. The minimum Gasteiger partial charge on any atom is -0.465 e. The second kappa shape index (κ2) is 30.4. The molecule has 632 valence electrons. The Hall–Kier alpha value is -3.20. The van der Waals surface area contributed by atoms with Crippen molar-refractivity contribution < 1.29 is 53.0 Å². The highest BCUT2D eigenvalue weighted by Gasteiger charge is 2.72. The van der Waals surface area contributed by atoms with Crippen LogP contribution in [0.1, 0.15) is 356 Å². The van der Waals surface area contributed by atoms with E-state index in [9.17, 15) is 34.8 Å². The number of fused-ring (bicyclic) bond motifs is 22. The van der Waals surface area contributed by atoms with Gasteiger partial charge in [-0.3, -0.25) is 9.50 Å². The lowest BCUT2D eigenvalue weighted by Gasteiger charge is -2.63. The van der Waals surface area contributed by atoms with Crippen LogP contribution in [0.3, 0.4) is 0 Å². The summed E-state index contributed by atoms with van der Waals surface area (Å²) in [5.74, 6) is 13.9. The first-order valence-electron chi connectivity index (χ1n) is 47.1. The summed E-state index contributed by atoms with van der Waals surface area (Å²) in [6.07, 6.45) is 54.6. The van der Waals surface area contributed by atoms with E-state index in [4.69, 9.17) is 23.0 Å². The molecule has 13 heteroatoms. The molecule has 113 heavy (non-hydrogen) atoms. The fraction of sp³-hybridized carbons (Fsp3) is 0.870. The molecule has 12 nitrogen and oxygen atoms in total. The van der Waals surface area contributed by atoms with Gasteiger partial charge in [0.2, 0.25) is 0 Å². The van der Waals surface area contributed by atoms with Crippen molar-refractivity contribution in [1.29, 1.82) is 0 Å². The van der Waals surface area contributed by atoms with Gasteiger partial charge in [-0.1, -0.05) is 114 Å². The van der Waals surface area contributed by atoms with E-state index in [2.05, 4.69) is 75.3 Å². The van der Waals surface area contributed by atoms with Crippen LogP contribution in [-0.2, 0) is 19.0 Å². The van der Waals surface area contributed by atoms with Gasteiger partial charge in [0.25, 0.3) is 0 Å². The number of carbonyl (C=O) groups is 1. The van der Waals surface area contributed by atoms with E-state index in [0.29, 0.717) is 88.1 Å². The summed E-state index contributed by atoms with van der Waals surface area (Å²) in [6, 6.07) is 6.82. The Bertz CT molecular complexity index is 3840. The molecule has 1 spiro atoms. The third-order valence-corrected chi connectivity index (χ3v) is 41.6. The highest BCUT2D eigenvalue weighted by atomic mass is 19.0. The fourth-order valence-corrected chi connectivity index (χ4v) is 35.5. The number of cyclic esters (lactones) is 1. The Kier molecular flexibility index (Phi) is 22.5. The van der Waals surface area contributed by atoms with E-state index in [-0.39, 0.29) is 80.8 Å². The van der Waals surface area contributed by atoms with Gasteiger partial charge in [-0.2, -0.15) is 0 Å². The second-order valence-corrected chi connectivity index (χ2v) is 45.1. The molecule has 4 N–H and O–H groups in total. The number of rotatable bonds is 3. The van der Waals surface area contributed by atoms with Crippen molar-refractivity contribution >= 4 is 5.97 Å². The van der Waals surface area contributed by atoms with Gasteiger partial charge in [-0.25, -0.2) is 9.59 Å². The molecule has 5 heterocycles. The molecule has 19 aliphatic rings. The Morgan fingerprint density at radius 1 is 0.434 bits per heavy atom. The van der Waals surface area contributed by atoms with Crippen molar-refractivity contribution in [2.45, 2.75) is 381 Å². The SMILES string of the molecule is C.CC1CC[C@@]2(OC1)O[C@H]1C[C@H]3[C@@H]4CC[C@@H]5CCCC[C@]5(C)[C@H]4CC[C@]3(C)[C@H]1[C@@H]2C.C[C@]12CC[C@H](O)C=C1CCC1C2CC[C@]2(C)[C@@H](c3ccc(=O)oc3)CC[C@]12O.C[C@]12CC[C@H](O)C[C@H]1CCC1C2CC[C@]2(C)[C@@H](c3ccc(=O)oc3)CC[C@]12O.C[C@]12CC[C@H]3[C@@H](CC[C@@H]4CCCC[C@@]43C)[C@H]1CC[C@@H]2[C@H]1CCC(=O)OC1.F. The van der Waals surface area contributed by atoms with E-state index in [0.717, 1.165) is 192 Å². The van der Waals surface area contributed by atoms with Gasteiger partial charge < -0.3 is 43.5 Å². The standard InChI is InChI=1S/C27H44O2.C24H34O4.C24H32O4.C24H38O2.CH4.FH/c1-17-10-14-27(28-16-17)18(2)24-23(29-27)15-22-20-9-8-19-7-5-6-12-25(19,3)21(20)11-13-26(22,24)4;2*1-22-10-7-17(25)13-16(22)4-5-20-19(22)8-11-23(2)18(9-12-24(20,23)27)15-3-6-21(26)28-14-15;1-23-13-4-3-5-17(23)7-8-18-20-10-9-19(16-6-11-22(25)26-15-16)24(20,2)14-12-21(18)23;;/h17-24H,5-16H2,1-4H3;3,6,14,16-20,25,27H,4-5,7-13H2,1-2H3;3,6,13-14,17-20,25,27H,4-5,7-12H2,1-2H3;16-21H,3-15H2,1-2H3;1H4;1H/t17?,18-,19-,20+,21-,22-,23-,24-,25-,26-,27+;16-,17+,18-,19?,20?,22+,23-,24+;17-,18+,19?,20?,22-,23+,24-;16-,17-,18-,19+,20+,21-,23-,24+;;/m0100../s1. The molecule has 0 radical (unpaired) electrons. The summed E-state index contributed by atoms with van der Waals surface area (Å²) < 4.78 is 29.2. The lowest BCUT2D eigenvalue weighted by molar-refractivity contribution is -0.273. The highest BCUT2D eigenvalue weighted by Crippen LogP contribution is 2.76. The number of carbonyl (C=O) groups excluding carboxylic acids is 1. The summed E-state index contributed by atoms with van der Waals surface area (Å²) in [4.78, 5) is 34.3. The van der Waals surface area contributed by atoms with E-state index >= 15 is 0 Å². The zero-order valence-electron chi connectivity index (χ0n) is 71.0. The first-order chi connectivity index (χ1) is 52.9. The Morgan fingerprint density at radius 3 is 1.56 bits per heavy atom. The lowest BCUT2D eigenvalue weighted by Crippen LogP contribution is -2.62. The zero-order valence-corrected chi connectivity index (χ0v) is 71.0. The third kappa shape index (κ3) is 13.0. The van der Waals surface area contributed by atoms with E-state index < -0.39 is 11.2 Å². The maximum Gasteiger partial charge on any atom is 0.335 e. The second-order valence-electron chi connectivity index (χ2n) is 45.1. The zero-order chi connectivity index (χ0) is 77.4. The van der Waals surface area contributed by atoms with Crippen molar-refractivity contribution in [2.75, 3.05) is 13.2 Å². The molecule has 15 saturated carbocycles. The van der Waals surface area contributed by atoms with Crippen molar-refractivity contribution in [3.05, 3.63) is 80.4 Å². The molecule has 0 aromatic carbocycles. The number of aliphatic hydroxyl groups is 4. The number of halogens is 1. The quantitative estimate of drug-likeness (QED) is 0.169. The fourth-order valence-electron chi connectivity index (χ4n) is 35.5. The smallest absolute Gasteiger partial charge is 0.335 e. The van der Waals surface area contributed by atoms with Gasteiger partial charge in [-0.05, 0) is 386 Å². The van der Waals surface area contributed by atoms with Crippen LogP contribution >= 0.6 is 0 Å². The topological polar surface area (TPSA) is 186 Å². The molecule has 16 aliphatic carbocycles. The summed E-state index contributed by atoms with van der Waals surface area (Å²) in [7, 11) is 0. The van der Waals surface area contributed by atoms with Gasteiger partial charge in [0.1, 0.15) is 0 Å². The third-order valence-electron chi connectivity index (χ3n) is 41.6. The molecule has 0 amide bonds. The first-order valence-corrected chi connectivity index (χ1v) is 47.1. The highest BCUT2D eigenvalue weighted by molar-refractivity contribution is 5.70. The Balaban J connectivity index is 0.000000113. The maximum absolute atomic E-state index is 12.2. The molecule has 18 fully saturated rings. The van der Waals surface area contributed by atoms with Crippen molar-refractivity contribution in [3.63, 3.8) is 0 Å². The van der Waals surface area contributed by atoms with Crippen LogP contribution in [0.4, 0.5) is 4.70 Å². The van der Waals surface area contributed by atoms with Gasteiger partial charge in [0.15, 0.2) is 5.79 Å². The van der Waals surface area contributed by atoms with Crippen LogP contribution in [0, 0.1) is 150 Å². The number of hydrogen-bond acceptors (Lipinski definition) is 12. The number of allylic oxidation sites excluding steroid dienone is 1. The molecular formula is C100H153FO12. The van der Waals surface area contributed by atoms with E-state index in [1.54, 1.807) is 12.5 Å². The summed E-state index contributed by atoms with van der Waals surface area (Å²) in [6.45, 7) is 26.5. The van der Waals surface area contributed by atoms with Crippen LogP contribution in [0.2, 0.25) is 0 Å². The first kappa shape index (κ1) is 83.5. The summed E-state index contributed by atoms with van der Waals surface area (Å²) >= 11 is 0. The number of aliphatic hydroxyl groups excluding tert-OH is 2. The summed E-state index contributed by atoms with van der Waals surface area (Å²) in [5, 5.41) is 44.6. The van der Waals surface area contributed by atoms with Crippen molar-refractivity contribution in [3.8, 4) is 0 Å². The largest absolute Gasteiger partial charge is 0.465 e. The predicted molar refractivity (Wildman–Crippen MR) is 443 cm³/mol. The molecule has 0 bridgehead atoms.